The van der Waals surface area contributed by atoms with E-state index in [1.807, 2.05) is 60.0 Å². The van der Waals surface area contributed by atoms with Crippen molar-refractivity contribution in [1.82, 2.24) is 20.1 Å². The van der Waals surface area contributed by atoms with Crippen LogP contribution >= 0.6 is 0 Å². The number of para-hydroxylation sites is 1. The zero-order valence-corrected chi connectivity index (χ0v) is 20.0. The van der Waals surface area contributed by atoms with Crippen molar-refractivity contribution >= 4 is 28.6 Å². The number of benzene rings is 2. The minimum atomic E-state index is -0.238. The molecule has 3 amide bonds. The quantitative estimate of drug-likeness (QED) is 0.567. The minimum absolute atomic E-state index is 0.110. The van der Waals surface area contributed by atoms with E-state index in [0.717, 1.165) is 22.9 Å². The number of ether oxygens (including phenoxy) is 1. The van der Waals surface area contributed by atoms with Gasteiger partial charge in [-0.3, -0.25) is 14.4 Å². The highest BCUT2D eigenvalue weighted by Crippen LogP contribution is 2.31. The molecule has 1 aromatic heterocycles. The van der Waals surface area contributed by atoms with Gasteiger partial charge in [-0.2, -0.15) is 0 Å². The molecule has 2 aliphatic heterocycles. The van der Waals surface area contributed by atoms with E-state index in [1.54, 1.807) is 12.1 Å². The van der Waals surface area contributed by atoms with Crippen molar-refractivity contribution in [3.63, 3.8) is 0 Å². The van der Waals surface area contributed by atoms with E-state index >= 15 is 0 Å². The Morgan fingerprint density at radius 3 is 2.71 bits per heavy atom. The van der Waals surface area contributed by atoms with Gasteiger partial charge in [0, 0.05) is 54.8 Å². The van der Waals surface area contributed by atoms with E-state index in [1.165, 1.54) is 0 Å². The maximum absolute atomic E-state index is 13.9. The average molecular weight is 475 g/mol. The van der Waals surface area contributed by atoms with Gasteiger partial charge < -0.3 is 24.8 Å². The molecule has 0 aliphatic carbocycles. The highest BCUT2D eigenvalue weighted by molar-refractivity contribution is 6.07. The lowest BCUT2D eigenvalue weighted by atomic mass is 10.1. The Morgan fingerprint density at radius 1 is 1.06 bits per heavy atom. The Balaban J connectivity index is 1.46. The normalized spacial score (nSPS) is 21.0. The van der Waals surface area contributed by atoms with Crippen molar-refractivity contribution in [2.24, 2.45) is 7.05 Å². The standard InChI is InChI=1S/C27H30N4O4/c1-17-7-8-18-13-24(17)35-12-11-28-25(32)14-19-9-10-20(15-29-26(18)33)31(19)27(34)22-16-30(2)23-6-4-3-5-21(22)23/h3-8,13,16,19-20H,9-12,14-15H2,1-2H3,(H,28,32)(H,29,33)/t19-,20+/m0/s1. The molecule has 0 saturated carbocycles. The summed E-state index contributed by atoms with van der Waals surface area (Å²) in [6.45, 7) is 2.88. The molecular formula is C27H30N4O4. The van der Waals surface area contributed by atoms with Crippen molar-refractivity contribution < 1.29 is 19.1 Å². The van der Waals surface area contributed by atoms with Gasteiger partial charge >= 0.3 is 0 Å². The van der Waals surface area contributed by atoms with Crippen molar-refractivity contribution in [2.45, 2.75) is 38.3 Å². The van der Waals surface area contributed by atoms with E-state index in [9.17, 15) is 14.4 Å². The smallest absolute Gasteiger partial charge is 0.256 e. The fourth-order valence-electron chi connectivity index (χ4n) is 5.19. The lowest BCUT2D eigenvalue weighted by Gasteiger charge is -2.30. The van der Waals surface area contributed by atoms with Crippen LogP contribution in [-0.4, -0.2) is 59.0 Å². The molecule has 8 heteroatoms. The summed E-state index contributed by atoms with van der Waals surface area (Å²) in [6, 6.07) is 12.7. The highest BCUT2D eigenvalue weighted by Gasteiger charge is 2.39. The fraction of sp³-hybridized carbons (Fsp3) is 0.370. The molecule has 1 saturated heterocycles. The summed E-state index contributed by atoms with van der Waals surface area (Å²) in [5, 5.41) is 6.80. The highest BCUT2D eigenvalue weighted by atomic mass is 16.5. The number of hydrogen-bond acceptors (Lipinski definition) is 4. The second kappa shape index (κ2) is 9.44. The first kappa shape index (κ1) is 23.0. The maximum atomic E-state index is 13.9. The van der Waals surface area contributed by atoms with Crippen molar-refractivity contribution in [3.8, 4) is 5.75 Å². The van der Waals surface area contributed by atoms with Gasteiger partial charge in [0.15, 0.2) is 0 Å². The average Bonchev–Trinajstić information content (AvgIpc) is 3.41. The predicted molar refractivity (Wildman–Crippen MR) is 133 cm³/mol. The molecule has 2 aliphatic rings. The molecule has 1 fully saturated rings. The zero-order valence-electron chi connectivity index (χ0n) is 20.0. The Hall–Kier alpha value is -3.81. The molecule has 5 rings (SSSR count). The molecule has 3 heterocycles. The second-order valence-corrected chi connectivity index (χ2v) is 9.36. The van der Waals surface area contributed by atoms with Crippen LogP contribution in [-0.2, 0) is 11.8 Å². The Bertz CT molecular complexity index is 1300. The number of hydrogen-bond donors (Lipinski definition) is 2. The van der Waals surface area contributed by atoms with Gasteiger partial charge in [-0.15, -0.1) is 0 Å². The van der Waals surface area contributed by atoms with Crippen LogP contribution in [0, 0.1) is 6.92 Å². The van der Waals surface area contributed by atoms with Crippen molar-refractivity contribution in [2.75, 3.05) is 19.7 Å². The van der Waals surface area contributed by atoms with Crippen LogP contribution < -0.4 is 15.4 Å². The summed E-state index contributed by atoms with van der Waals surface area (Å²) >= 11 is 0. The van der Waals surface area contributed by atoms with E-state index < -0.39 is 0 Å². The van der Waals surface area contributed by atoms with Crippen molar-refractivity contribution in [1.29, 1.82) is 0 Å². The SMILES string of the molecule is Cc1ccc2cc1OCCNC(=O)C[C@@H]1CC[C@H](CNC2=O)N1C(=O)c1cn(C)c2ccccc12. The van der Waals surface area contributed by atoms with Crippen LogP contribution in [0.3, 0.4) is 0 Å². The van der Waals surface area contributed by atoms with Gasteiger partial charge in [-0.1, -0.05) is 24.3 Å². The number of nitrogens with zero attached hydrogens (tertiary/aromatic N) is 2. The predicted octanol–water partition coefficient (Wildman–Crippen LogP) is 2.79. The number of carbonyl (C=O) groups is 3. The molecule has 0 unspecified atom stereocenters. The molecule has 0 radical (unpaired) electrons. The maximum Gasteiger partial charge on any atom is 0.256 e. The third-order valence-electron chi connectivity index (χ3n) is 7.03. The number of fused-ring (bicyclic) bond motifs is 5. The Morgan fingerprint density at radius 2 is 1.86 bits per heavy atom. The summed E-state index contributed by atoms with van der Waals surface area (Å²) in [4.78, 5) is 41.4. The van der Waals surface area contributed by atoms with E-state index in [2.05, 4.69) is 10.6 Å². The molecule has 35 heavy (non-hydrogen) atoms. The minimum Gasteiger partial charge on any atom is -0.491 e. The van der Waals surface area contributed by atoms with Crippen LogP contribution in [0.15, 0.2) is 48.7 Å². The van der Waals surface area contributed by atoms with Gasteiger partial charge in [0.2, 0.25) is 5.91 Å². The lowest BCUT2D eigenvalue weighted by molar-refractivity contribution is -0.122. The first-order valence-electron chi connectivity index (χ1n) is 12.1. The number of rotatable bonds is 1. The molecule has 3 aromatic rings. The molecule has 8 nitrogen and oxygen atoms in total. The van der Waals surface area contributed by atoms with Gasteiger partial charge in [-0.05, 0) is 43.5 Å². The third kappa shape index (κ3) is 4.48. The van der Waals surface area contributed by atoms with Crippen LogP contribution in [0.5, 0.6) is 5.75 Å². The molecule has 4 bridgehead atoms. The molecular weight excluding hydrogens is 444 g/mol. The second-order valence-electron chi connectivity index (χ2n) is 9.36. The number of nitrogens with one attached hydrogen (secondary N) is 2. The molecule has 0 spiro atoms. The summed E-state index contributed by atoms with van der Waals surface area (Å²) in [5.41, 5.74) is 3.01. The van der Waals surface area contributed by atoms with E-state index in [-0.39, 0.29) is 36.2 Å². The lowest BCUT2D eigenvalue weighted by Crippen LogP contribution is -2.47. The molecule has 2 aromatic carbocycles. The van der Waals surface area contributed by atoms with Crippen LogP contribution in [0.25, 0.3) is 10.9 Å². The van der Waals surface area contributed by atoms with E-state index in [0.29, 0.717) is 43.0 Å². The van der Waals surface area contributed by atoms with E-state index in [4.69, 9.17) is 4.74 Å². The van der Waals surface area contributed by atoms with Crippen molar-refractivity contribution in [3.05, 3.63) is 65.4 Å². The largest absolute Gasteiger partial charge is 0.491 e. The summed E-state index contributed by atoms with van der Waals surface area (Å²) in [6.07, 6.45) is 3.49. The van der Waals surface area contributed by atoms with Crippen LogP contribution in [0.2, 0.25) is 0 Å². The summed E-state index contributed by atoms with van der Waals surface area (Å²) in [5.74, 6) is 0.192. The number of carbonyl (C=O) groups excluding carboxylic acids is 3. The molecule has 2 atom stereocenters. The Kier molecular flexibility index (Phi) is 6.19. The van der Waals surface area contributed by atoms with Gasteiger partial charge in [-0.25, -0.2) is 0 Å². The van der Waals surface area contributed by atoms with Gasteiger partial charge in [0.05, 0.1) is 12.1 Å². The Labute approximate surface area is 204 Å². The summed E-state index contributed by atoms with van der Waals surface area (Å²) < 4.78 is 7.76. The number of amides is 3. The molecule has 2 N–H and O–H groups in total. The summed E-state index contributed by atoms with van der Waals surface area (Å²) in [7, 11) is 1.92. The number of aromatic nitrogens is 1. The number of aryl methyl sites for hydroxylation is 2. The first-order valence-corrected chi connectivity index (χ1v) is 12.1. The third-order valence-corrected chi connectivity index (χ3v) is 7.03. The van der Waals surface area contributed by atoms with Crippen LogP contribution in [0.1, 0.15) is 45.5 Å². The van der Waals surface area contributed by atoms with Gasteiger partial charge in [0.1, 0.15) is 12.4 Å². The van der Waals surface area contributed by atoms with Crippen LogP contribution in [0.4, 0.5) is 0 Å². The molecule has 182 valence electrons. The first-order chi connectivity index (χ1) is 16.9. The van der Waals surface area contributed by atoms with Gasteiger partial charge in [0.25, 0.3) is 11.8 Å². The topological polar surface area (TPSA) is 92.7 Å². The monoisotopic (exact) mass is 474 g/mol. The fourth-order valence-corrected chi connectivity index (χ4v) is 5.19. The zero-order chi connectivity index (χ0) is 24.5.